The van der Waals surface area contributed by atoms with E-state index in [4.69, 9.17) is 4.74 Å². The maximum absolute atomic E-state index is 5.23. The number of aromatic nitrogens is 2. The topological polar surface area (TPSA) is 35.0 Å². The molecule has 1 aliphatic rings. The number of methoxy groups -OCH3 is 1. The summed E-state index contributed by atoms with van der Waals surface area (Å²) < 4.78 is 5.23. The van der Waals surface area contributed by atoms with E-state index in [0.717, 1.165) is 5.39 Å². The van der Waals surface area contributed by atoms with Crippen LogP contribution in [0.4, 0.5) is 0 Å². The molecule has 0 aliphatic heterocycles. The molecule has 0 radical (unpaired) electrons. The van der Waals surface area contributed by atoms with Crippen LogP contribution in [-0.2, 0) is 0 Å². The molecule has 0 spiro atoms. The third kappa shape index (κ3) is 1.35. The van der Waals surface area contributed by atoms with Crippen LogP contribution in [0.15, 0.2) is 24.7 Å². The Balaban J connectivity index is 2.30. The normalized spacial score (nSPS) is 15.5. The van der Waals surface area contributed by atoms with Gasteiger partial charge in [-0.2, -0.15) is 0 Å². The molecule has 2 aromatic rings. The third-order valence-corrected chi connectivity index (χ3v) is 2.89. The summed E-state index contributed by atoms with van der Waals surface area (Å²) in [5, 5.41) is 2.25. The zero-order valence-electron chi connectivity index (χ0n) is 8.60. The lowest BCUT2D eigenvalue weighted by Crippen LogP contribution is -1.93. The molecule has 2 aromatic heterocycles. The molecule has 0 bridgehead atoms. The molecule has 0 saturated heterocycles. The van der Waals surface area contributed by atoms with E-state index in [1.54, 1.807) is 7.11 Å². The number of ether oxygens (including phenoxy) is 1. The Morgan fingerprint density at radius 3 is 2.87 bits per heavy atom. The molecule has 3 nitrogen and oxygen atoms in total. The Bertz CT molecular complexity index is 506. The van der Waals surface area contributed by atoms with Crippen molar-refractivity contribution in [2.45, 2.75) is 18.8 Å². The van der Waals surface area contributed by atoms with E-state index in [1.165, 1.54) is 23.8 Å². The second-order valence-electron chi connectivity index (χ2n) is 3.92. The van der Waals surface area contributed by atoms with Gasteiger partial charge in [-0.1, -0.05) is 0 Å². The van der Waals surface area contributed by atoms with E-state index >= 15 is 0 Å². The summed E-state index contributed by atoms with van der Waals surface area (Å²) in [6.45, 7) is 0. The number of fused-ring (bicyclic) bond motifs is 1. The first kappa shape index (κ1) is 8.65. The minimum atomic E-state index is 0.669. The first-order valence-electron chi connectivity index (χ1n) is 5.17. The highest BCUT2D eigenvalue weighted by molar-refractivity contribution is 5.89. The van der Waals surface area contributed by atoms with Crippen molar-refractivity contribution in [3.63, 3.8) is 0 Å². The summed E-state index contributed by atoms with van der Waals surface area (Å²) >= 11 is 0. The van der Waals surface area contributed by atoms with Gasteiger partial charge in [0.05, 0.1) is 12.5 Å². The van der Waals surface area contributed by atoms with Crippen LogP contribution >= 0.6 is 0 Å². The third-order valence-electron chi connectivity index (χ3n) is 2.89. The summed E-state index contributed by atoms with van der Waals surface area (Å²) in [5.41, 5.74) is 1.34. The van der Waals surface area contributed by atoms with Crippen molar-refractivity contribution in [1.82, 2.24) is 9.97 Å². The molecular weight excluding hydrogens is 188 g/mol. The van der Waals surface area contributed by atoms with Crippen molar-refractivity contribution in [3.05, 3.63) is 30.2 Å². The fraction of sp³-hybridized carbons (Fsp3) is 0.333. The van der Waals surface area contributed by atoms with Crippen molar-refractivity contribution in [2.75, 3.05) is 7.11 Å². The molecule has 1 fully saturated rings. The van der Waals surface area contributed by atoms with Crippen molar-refractivity contribution in [3.8, 4) is 5.88 Å². The van der Waals surface area contributed by atoms with Gasteiger partial charge in [-0.05, 0) is 35.8 Å². The van der Waals surface area contributed by atoms with Gasteiger partial charge in [-0.3, -0.25) is 4.98 Å². The highest BCUT2D eigenvalue weighted by atomic mass is 16.5. The van der Waals surface area contributed by atoms with Crippen molar-refractivity contribution in [1.29, 1.82) is 0 Å². The van der Waals surface area contributed by atoms with Crippen molar-refractivity contribution in [2.24, 2.45) is 0 Å². The average molecular weight is 200 g/mol. The molecule has 3 rings (SSSR count). The minimum absolute atomic E-state index is 0.669. The molecule has 0 N–H and O–H groups in total. The summed E-state index contributed by atoms with van der Waals surface area (Å²) in [7, 11) is 1.64. The van der Waals surface area contributed by atoms with Gasteiger partial charge in [-0.25, -0.2) is 4.98 Å². The summed E-state index contributed by atoms with van der Waals surface area (Å²) in [5.74, 6) is 1.37. The van der Waals surface area contributed by atoms with Crippen LogP contribution in [0.2, 0.25) is 0 Å². The largest absolute Gasteiger partial charge is 0.481 e. The molecule has 0 unspecified atom stereocenters. The second kappa shape index (κ2) is 3.19. The van der Waals surface area contributed by atoms with E-state index in [2.05, 4.69) is 9.97 Å². The van der Waals surface area contributed by atoms with E-state index in [1.807, 2.05) is 24.7 Å². The first-order valence-corrected chi connectivity index (χ1v) is 5.17. The highest BCUT2D eigenvalue weighted by Gasteiger charge is 2.26. The predicted octanol–water partition coefficient (Wildman–Crippen LogP) is 2.52. The molecule has 0 amide bonds. The lowest BCUT2D eigenvalue weighted by atomic mass is 10.1. The van der Waals surface area contributed by atoms with Crippen LogP contribution in [0.5, 0.6) is 5.88 Å². The van der Waals surface area contributed by atoms with Gasteiger partial charge in [0.15, 0.2) is 0 Å². The molecule has 1 saturated carbocycles. The summed E-state index contributed by atoms with van der Waals surface area (Å²) in [6, 6.07) is 2.05. The molecule has 0 aromatic carbocycles. The van der Waals surface area contributed by atoms with Crippen LogP contribution in [0.25, 0.3) is 10.8 Å². The van der Waals surface area contributed by atoms with Gasteiger partial charge in [-0.15, -0.1) is 0 Å². The van der Waals surface area contributed by atoms with Crippen LogP contribution in [0.3, 0.4) is 0 Å². The fourth-order valence-electron chi connectivity index (χ4n) is 1.97. The standard InChI is InChI=1S/C12H12N2O/c1-15-12-11-6-13-5-4-9(11)10(7-14-12)8-2-3-8/h4-8H,2-3H2,1H3. The molecule has 3 heteroatoms. The SMILES string of the molecule is COc1ncc(C2CC2)c2ccncc12. The smallest absolute Gasteiger partial charge is 0.222 e. The number of nitrogens with zero attached hydrogens (tertiary/aromatic N) is 2. The monoisotopic (exact) mass is 200 g/mol. The lowest BCUT2D eigenvalue weighted by molar-refractivity contribution is 0.403. The van der Waals surface area contributed by atoms with Crippen LogP contribution < -0.4 is 4.74 Å². The van der Waals surface area contributed by atoms with Gasteiger partial charge in [0.25, 0.3) is 0 Å². The fourth-order valence-corrected chi connectivity index (χ4v) is 1.97. The van der Waals surface area contributed by atoms with Gasteiger partial charge in [0.1, 0.15) is 0 Å². The van der Waals surface area contributed by atoms with E-state index < -0.39 is 0 Å². The first-order chi connectivity index (χ1) is 7.40. The Morgan fingerprint density at radius 1 is 1.27 bits per heavy atom. The molecule has 15 heavy (non-hydrogen) atoms. The number of rotatable bonds is 2. The molecule has 0 atom stereocenters. The van der Waals surface area contributed by atoms with Gasteiger partial charge in [0, 0.05) is 18.6 Å². The lowest BCUT2D eigenvalue weighted by Gasteiger charge is -2.07. The maximum atomic E-state index is 5.23. The van der Waals surface area contributed by atoms with Crippen LogP contribution in [0.1, 0.15) is 24.3 Å². The van der Waals surface area contributed by atoms with Gasteiger partial charge < -0.3 is 4.74 Å². The van der Waals surface area contributed by atoms with Gasteiger partial charge >= 0.3 is 0 Å². The number of hydrogen-bond donors (Lipinski definition) is 0. The molecule has 2 heterocycles. The Morgan fingerprint density at radius 2 is 2.13 bits per heavy atom. The molecule has 1 aliphatic carbocycles. The number of hydrogen-bond acceptors (Lipinski definition) is 3. The summed E-state index contributed by atoms with van der Waals surface area (Å²) in [6.07, 6.45) is 8.16. The van der Waals surface area contributed by atoms with Crippen LogP contribution in [-0.4, -0.2) is 17.1 Å². The Hall–Kier alpha value is -1.64. The van der Waals surface area contributed by atoms with Crippen LogP contribution in [0, 0.1) is 0 Å². The predicted molar refractivity (Wildman–Crippen MR) is 58.1 cm³/mol. The van der Waals surface area contributed by atoms with E-state index in [9.17, 15) is 0 Å². The molecule has 76 valence electrons. The quantitative estimate of drug-likeness (QED) is 0.747. The summed E-state index contributed by atoms with van der Waals surface area (Å²) in [4.78, 5) is 8.45. The zero-order chi connectivity index (χ0) is 10.3. The Labute approximate surface area is 88.1 Å². The van der Waals surface area contributed by atoms with Gasteiger partial charge in [0.2, 0.25) is 5.88 Å². The molecular formula is C12H12N2O. The zero-order valence-corrected chi connectivity index (χ0v) is 8.60. The minimum Gasteiger partial charge on any atom is -0.481 e. The van der Waals surface area contributed by atoms with Crippen molar-refractivity contribution < 1.29 is 4.74 Å². The van der Waals surface area contributed by atoms with E-state index in [0.29, 0.717) is 11.8 Å². The second-order valence-corrected chi connectivity index (χ2v) is 3.92. The van der Waals surface area contributed by atoms with E-state index in [-0.39, 0.29) is 0 Å². The number of pyridine rings is 2. The van der Waals surface area contributed by atoms with Crippen molar-refractivity contribution >= 4 is 10.8 Å². The highest BCUT2D eigenvalue weighted by Crippen LogP contribution is 2.43. The Kier molecular flexibility index (Phi) is 1.84. The average Bonchev–Trinajstić information content (AvgIpc) is 3.11. The maximum Gasteiger partial charge on any atom is 0.222 e.